The Balaban J connectivity index is 1.55. The van der Waals surface area contributed by atoms with E-state index in [1.807, 2.05) is 0 Å². The van der Waals surface area contributed by atoms with Crippen molar-refractivity contribution < 1.29 is 36.9 Å². The van der Waals surface area contributed by atoms with E-state index in [2.05, 4.69) is 5.32 Å². The molecule has 1 N–H and O–H groups in total. The predicted molar refractivity (Wildman–Crippen MR) is 157 cm³/mol. The molecule has 0 saturated carbocycles. The van der Waals surface area contributed by atoms with Crippen molar-refractivity contribution in [3.05, 3.63) is 95.1 Å². The lowest BCUT2D eigenvalue weighted by molar-refractivity contribution is -0.119. The maximum absolute atomic E-state index is 13.9. The van der Waals surface area contributed by atoms with Gasteiger partial charge in [0, 0.05) is 65.0 Å². The van der Waals surface area contributed by atoms with Crippen molar-refractivity contribution in [3.8, 4) is 0 Å². The summed E-state index contributed by atoms with van der Waals surface area (Å²) in [5, 5.41) is 2.77. The fourth-order valence-corrected chi connectivity index (χ4v) is 4.28. The number of carbonyl (C=O) groups is 3. The number of nitrogens with zero attached hydrogens (tertiary/aromatic N) is 3. The minimum Gasteiger partial charge on any atom is -0.465 e. The first-order chi connectivity index (χ1) is 24.3. The number of benzene rings is 3. The van der Waals surface area contributed by atoms with Gasteiger partial charge in [-0.05, 0) is 54.4 Å². The number of hydrogen-bond donors (Lipinski definition) is 1. The maximum atomic E-state index is 13.9. The highest BCUT2D eigenvalue weighted by Gasteiger charge is 2.29. The van der Waals surface area contributed by atoms with Gasteiger partial charge in [-0.2, -0.15) is 0 Å². The Morgan fingerprint density at radius 3 is 2.42 bits per heavy atom. The SMILES string of the molecule is [2H]C([2H])([2H])N(C(=O)C([2H])([2H])N1C([2H])([2H])C([2H])([2H])N(C)C([2H])([2H])C1([2H])[2H])c1ccc(C/C(=C2\C(=O)Nc3cc(C(=O)OC)ccc32)c2ccccc2)cc1. The topological polar surface area (TPSA) is 82.2 Å². The Hall–Kier alpha value is -4.27. The number of anilines is 2. The van der Waals surface area contributed by atoms with Crippen LogP contribution in [-0.4, -0.2) is 81.2 Å². The molecule has 0 aliphatic carbocycles. The molecule has 5 rings (SSSR count). The quantitative estimate of drug-likeness (QED) is 0.356. The van der Waals surface area contributed by atoms with Crippen molar-refractivity contribution in [2.45, 2.75) is 6.42 Å². The highest BCUT2D eigenvalue weighted by Crippen LogP contribution is 2.39. The molecule has 0 unspecified atom stereocenters. The van der Waals surface area contributed by atoms with Gasteiger partial charge in [-0.15, -0.1) is 0 Å². The largest absolute Gasteiger partial charge is 0.465 e. The molecule has 2 aliphatic rings. The van der Waals surface area contributed by atoms with Gasteiger partial charge in [-0.25, -0.2) is 4.79 Å². The van der Waals surface area contributed by atoms with Crippen molar-refractivity contribution in [3.63, 3.8) is 0 Å². The van der Waals surface area contributed by atoms with Crippen LogP contribution in [0.15, 0.2) is 72.8 Å². The van der Waals surface area contributed by atoms with Crippen LogP contribution in [0.25, 0.3) is 11.1 Å². The van der Waals surface area contributed by atoms with E-state index in [1.165, 1.54) is 43.5 Å². The number of hydrogen-bond acceptors (Lipinski definition) is 6. The lowest BCUT2D eigenvalue weighted by Crippen LogP contribution is -2.48. The van der Waals surface area contributed by atoms with Gasteiger partial charge >= 0.3 is 5.97 Å². The monoisotopic (exact) mass is 551 g/mol. The number of likely N-dealkylation sites (N-methyl/N-ethyl adjacent to an activating group) is 2. The van der Waals surface area contributed by atoms with E-state index < -0.39 is 67.8 Å². The second-order valence-electron chi connectivity index (χ2n) is 8.86. The van der Waals surface area contributed by atoms with E-state index in [-0.39, 0.29) is 21.8 Å². The summed E-state index contributed by atoms with van der Waals surface area (Å²) in [5.41, 5.74) is 2.70. The number of ether oxygens (including phenoxy) is 1. The predicted octanol–water partition coefficient (Wildman–Crippen LogP) is 3.79. The van der Waals surface area contributed by atoms with Crippen molar-refractivity contribution >= 4 is 40.3 Å². The highest BCUT2D eigenvalue weighted by molar-refractivity contribution is 6.37. The van der Waals surface area contributed by atoms with Gasteiger partial charge in [0.1, 0.15) is 0 Å². The average Bonchev–Trinajstić information content (AvgIpc) is 3.40. The summed E-state index contributed by atoms with van der Waals surface area (Å²) < 4.78 is 113. The molecule has 1 fully saturated rings. The van der Waals surface area contributed by atoms with Crippen LogP contribution in [0, 0.1) is 0 Å². The third-order valence-electron chi connectivity index (χ3n) is 6.25. The molecule has 0 bridgehead atoms. The summed E-state index contributed by atoms with van der Waals surface area (Å²) in [5.74, 6) is -3.05. The number of piperazine rings is 1. The van der Waals surface area contributed by atoms with Gasteiger partial charge in [0.05, 0.1) is 27.5 Å². The number of amides is 2. The number of allylic oxidation sites excluding steroid dienone is 1. The Labute approximate surface area is 253 Å². The lowest BCUT2D eigenvalue weighted by Gasteiger charge is -2.32. The molecule has 0 radical (unpaired) electrons. The summed E-state index contributed by atoms with van der Waals surface area (Å²) in [4.78, 5) is 39.0. The molecule has 1 saturated heterocycles. The van der Waals surface area contributed by atoms with Crippen LogP contribution >= 0.6 is 0 Å². The minimum absolute atomic E-state index is 0.00251. The Bertz CT molecular complexity index is 1960. The second kappa shape index (κ2) is 11.9. The van der Waals surface area contributed by atoms with Crippen LogP contribution in [0.1, 0.15) is 44.9 Å². The molecular formula is C32H34N4O4. The van der Waals surface area contributed by atoms with E-state index in [0.29, 0.717) is 33.5 Å². The van der Waals surface area contributed by atoms with Crippen LogP contribution in [0.2, 0.25) is 0 Å². The third-order valence-corrected chi connectivity index (χ3v) is 6.25. The highest BCUT2D eigenvalue weighted by atomic mass is 16.5. The zero-order valence-electron chi connectivity index (χ0n) is 34.6. The van der Waals surface area contributed by atoms with Crippen LogP contribution in [0.5, 0.6) is 0 Å². The standard InChI is InChI=1S/C32H34N4O4/c1-34-15-17-36(18-16-34)21-29(37)35(2)25-12-9-22(10-13-25)19-27(23-7-5-4-6-8-23)30-26-14-11-24(32(39)40-3)20-28(26)33-31(30)38/h4-14,20H,15-19,21H2,1-3H3,(H,33,38)/b30-27+/i2D3,15D2,16D2,17D2,18D2,21D2. The summed E-state index contributed by atoms with van der Waals surface area (Å²) in [6, 6.07) is 18.7. The van der Waals surface area contributed by atoms with Gasteiger partial charge in [-0.1, -0.05) is 48.5 Å². The summed E-state index contributed by atoms with van der Waals surface area (Å²) >= 11 is 0. The van der Waals surface area contributed by atoms with E-state index in [9.17, 15) is 14.4 Å². The Kier molecular flexibility index (Phi) is 4.59. The maximum Gasteiger partial charge on any atom is 0.337 e. The number of nitrogens with one attached hydrogen (secondary N) is 1. The first-order valence-corrected chi connectivity index (χ1v) is 12.1. The van der Waals surface area contributed by atoms with Gasteiger partial charge < -0.3 is 19.9 Å². The molecule has 40 heavy (non-hydrogen) atoms. The van der Waals surface area contributed by atoms with Crippen LogP contribution in [-0.2, 0) is 20.7 Å². The van der Waals surface area contributed by atoms with E-state index in [0.717, 1.165) is 7.05 Å². The lowest BCUT2D eigenvalue weighted by atomic mass is 9.90. The molecule has 206 valence electrons. The molecule has 8 nitrogen and oxygen atoms in total. The van der Waals surface area contributed by atoms with Crippen molar-refractivity contribution in [2.24, 2.45) is 0 Å². The van der Waals surface area contributed by atoms with E-state index >= 15 is 0 Å². The smallest absolute Gasteiger partial charge is 0.337 e. The first-order valence-electron chi connectivity index (χ1n) is 18.6. The van der Waals surface area contributed by atoms with E-state index in [1.54, 1.807) is 36.4 Å². The number of rotatable bonds is 7. The third kappa shape index (κ3) is 5.83. The Morgan fingerprint density at radius 2 is 1.75 bits per heavy atom. The summed E-state index contributed by atoms with van der Waals surface area (Å²) in [7, 11) is 1.99. The first kappa shape index (κ1) is 15.5. The average molecular weight is 552 g/mol. The number of esters is 1. The van der Waals surface area contributed by atoms with E-state index in [4.69, 9.17) is 22.6 Å². The molecule has 0 aromatic heterocycles. The summed E-state index contributed by atoms with van der Waals surface area (Å²) in [6.07, 6.45) is 0.0830. The van der Waals surface area contributed by atoms with Gasteiger partial charge in [0.15, 0.2) is 0 Å². The molecule has 0 atom stereocenters. The zero-order chi connectivity index (χ0) is 39.7. The number of methoxy groups -OCH3 is 1. The normalized spacial score (nSPS) is 27.2. The number of carbonyl (C=O) groups excluding carboxylic acids is 3. The van der Waals surface area contributed by atoms with Gasteiger partial charge in [-0.3, -0.25) is 14.5 Å². The zero-order valence-corrected chi connectivity index (χ0v) is 21.6. The summed E-state index contributed by atoms with van der Waals surface area (Å²) in [6.45, 7) is -21.7. The number of fused-ring (bicyclic) bond motifs is 1. The molecule has 8 heteroatoms. The fraction of sp³-hybridized carbons (Fsp3) is 0.281. The molecule has 2 aliphatic heterocycles. The molecule has 2 amide bonds. The van der Waals surface area contributed by atoms with Crippen LogP contribution < -0.4 is 10.2 Å². The van der Waals surface area contributed by atoms with Crippen molar-refractivity contribution in [2.75, 3.05) is 63.8 Å². The molecule has 2 heterocycles. The molecule has 3 aromatic carbocycles. The van der Waals surface area contributed by atoms with Crippen molar-refractivity contribution in [1.29, 1.82) is 0 Å². The second-order valence-corrected chi connectivity index (χ2v) is 8.86. The van der Waals surface area contributed by atoms with Crippen LogP contribution in [0.4, 0.5) is 11.4 Å². The Morgan fingerprint density at radius 1 is 1.02 bits per heavy atom. The van der Waals surface area contributed by atoms with Gasteiger partial charge in [0.25, 0.3) is 5.91 Å². The molecule has 3 aromatic rings. The molecular weight excluding hydrogens is 504 g/mol. The van der Waals surface area contributed by atoms with Crippen molar-refractivity contribution in [1.82, 2.24) is 9.80 Å². The van der Waals surface area contributed by atoms with Gasteiger partial charge in [0.2, 0.25) is 5.91 Å². The minimum atomic E-state index is -3.97. The van der Waals surface area contributed by atoms with Crippen LogP contribution in [0.3, 0.4) is 0 Å². The fourth-order valence-electron chi connectivity index (χ4n) is 4.28. The molecule has 0 spiro atoms.